The Labute approximate surface area is 133 Å². The number of hydrogen-bond acceptors (Lipinski definition) is 6. The fourth-order valence-electron chi connectivity index (χ4n) is 2.68. The SMILES string of the molecule is O=C(OCCN1C(O)c2ccccc2C1O)c1ccccc1O. The lowest BCUT2D eigenvalue weighted by molar-refractivity contribution is -0.0911. The molecule has 1 aliphatic rings. The van der Waals surface area contributed by atoms with Crippen molar-refractivity contribution >= 4 is 5.97 Å². The van der Waals surface area contributed by atoms with Crippen molar-refractivity contribution in [3.05, 3.63) is 65.2 Å². The van der Waals surface area contributed by atoms with E-state index in [-0.39, 0.29) is 24.5 Å². The quantitative estimate of drug-likeness (QED) is 0.742. The lowest BCUT2D eigenvalue weighted by atomic mass is 10.1. The average molecular weight is 315 g/mol. The Kier molecular flexibility index (Phi) is 4.29. The van der Waals surface area contributed by atoms with E-state index in [1.807, 2.05) is 0 Å². The zero-order valence-corrected chi connectivity index (χ0v) is 12.3. The number of para-hydroxylation sites is 1. The Morgan fingerprint density at radius 2 is 1.57 bits per heavy atom. The Morgan fingerprint density at radius 3 is 2.17 bits per heavy atom. The number of hydrogen-bond donors (Lipinski definition) is 3. The van der Waals surface area contributed by atoms with Gasteiger partial charge in [-0.3, -0.25) is 0 Å². The Balaban J connectivity index is 1.60. The summed E-state index contributed by atoms with van der Waals surface area (Å²) in [5, 5.41) is 30.0. The third-order valence-corrected chi connectivity index (χ3v) is 3.89. The number of carbonyl (C=O) groups is 1. The van der Waals surface area contributed by atoms with Crippen molar-refractivity contribution < 1.29 is 24.9 Å². The van der Waals surface area contributed by atoms with Gasteiger partial charge in [-0.15, -0.1) is 0 Å². The minimum atomic E-state index is -0.940. The summed E-state index contributed by atoms with van der Waals surface area (Å²) < 4.78 is 5.10. The van der Waals surface area contributed by atoms with Crippen molar-refractivity contribution in [3.8, 4) is 5.75 Å². The number of nitrogens with zero attached hydrogens (tertiary/aromatic N) is 1. The van der Waals surface area contributed by atoms with Crippen LogP contribution in [0, 0.1) is 0 Å². The number of phenolic OH excluding ortho intramolecular Hbond substituents is 1. The highest BCUT2D eigenvalue weighted by molar-refractivity contribution is 5.92. The van der Waals surface area contributed by atoms with Gasteiger partial charge in [0, 0.05) is 17.7 Å². The van der Waals surface area contributed by atoms with Crippen molar-refractivity contribution in [2.24, 2.45) is 0 Å². The Hall–Kier alpha value is -2.41. The molecule has 0 aromatic heterocycles. The maximum absolute atomic E-state index is 11.9. The molecular formula is C17H17NO5. The smallest absolute Gasteiger partial charge is 0.341 e. The first-order chi connectivity index (χ1) is 11.1. The van der Waals surface area contributed by atoms with Crippen molar-refractivity contribution in [2.45, 2.75) is 12.5 Å². The normalized spacial score (nSPS) is 20.3. The predicted octanol–water partition coefficient (Wildman–Crippen LogP) is 1.55. The predicted molar refractivity (Wildman–Crippen MR) is 81.5 cm³/mol. The summed E-state index contributed by atoms with van der Waals surface area (Å²) in [6, 6.07) is 13.2. The van der Waals surface area contributed by atoms with Crippen LogP contribution in [0.1, 0.15) is 33.9 Å². The molecule has 2 atom stereocenters. The Morgan fingerprint density at radius 1 is 1.00 bits per heavy atom. The van der Waals surface area contributed by atoms with E-state index in [0.717, 1.165) is 0 Å². The number of phenols is 1. The first-order valence-corrected chi connectivity index (χ1v) is 7.25. The molecule has 6 heteroatoms. The van der Waals surface area contributed by atoms with Gasteiger partial charge in [-0.1, -0.05) is 36.4 Å². The van der Waals surface area contributed by atoms with Gasteiger partial charge in [0.15, 0.2) is 0 Å². The molecule has 0 saturated carbocycles. The van der Waals surface area contributed by atoms with Crippen LogP contribution in [0.15, 0.2) is 48.5 Å². The van der Waals surface area contributed by atoms with Gasteiger partial charge in [-0.25, -0.2) is 9.69 Å². The third kappa shape index (κ3) is 2.92. The zero-order chi connectivity index (χ0) is 16.4. The maximum Gasteiger partial charge on any atom is 0.341 e. The summed E-state index contributed by atoms with van der Waals surface area (Å²) in [5.74, 6) is -0.796. The number of carbonyl (C=O) groups excluding carboxylic acids is 1. The van der Waals surface area contributed by atoms with Gasteiger partial charge in [0.25, 0.3) is 0 Å². The summed E-state index contributed by atoms with van der Waals surface area (Å²) in [5.41, 5.74) is 1.37. The summed E-state index contributed by atoms with van der Waals surface area (Å²) in [4.78, 5) is 13.3. The number of aromatic hydroxyl groups is 1. The van der Waals surface area contributed by atoms with E-state index in [9.17, 15) is 20.1 Å². The number of esters is 1. The minimum Gasteiger partial charge on any atom is -0.507 e. The molecular weight excluding hydrogens is 298 g/mol. The van der Waals surface area contributed by atoms with Gasteiger partial charge in [0.2, 0.25) is 0 Å². The lowest BCUT2D eigenvalue weighted by Gasteiger charge is -2.23. The minimum absolute atomic E-state index is 0.0186. The van der Waals surface area contributed by atoms with E-state index in [1.54, 1.807) is 36.4 Å². The second kappa shape index (κ2) is 6.37. The van der Waals surface area contributed by atoms with Gasteiger partial charge >= 0.3 is 5.97 Å². The van der Waals surface area contributed by atoms with E-state index in [2.05, 4.69) is 0 Å². The molecule has 0 amide bonds. The highest BCUT2D eigenvalue weighted by Gasteiger charge is 2.35. The van der Waals surface area contributed by atoms with Crippen LogP contribution in [0.3, 0.4) is 0 Å². The number of rotatable bonds is 4. The van der Waals surface area contributed by atoms with Crippen LogP contribution in [0.2, 0.25) is 0 Å². The second-order valence-electron chi connectivity index (χ2n) is 5.27. The highest BCUT2D eigenvalue weighted by Crippen LogP contribution is 2.38. The van der Waals surface area contributed by atoms with Crippen molar-refractivity contribution in [1.29, 1.82) is 0 Å². The standard InChI is InChI=1S/C17H17NO5/c19-14-8-4-3-7-13(14)17(22)23-10-9-18-15(20)11-5-1-2-6-12(11)16(18)21/h1-8,15-16,19-21H,9-10H2. The lowest BCUT2D eigenvalue weighted by Crippen LogP contribution is -2.30. The number of aliphatic hydroxyl groups excluding tert-OH is 2. The van der Waals surface area contributed by atoms with Gasteiger partial charge in [0.1, 0.15) is 30.4 Å². The third-order valence-electron chi connectivity index (χ3n) is 3.89. The summed E-state index contributed by atoms with van der Waals surface area (Å²) in [6.45, 7) is 0.144. The summed E-state index contributed by atoms with van der Waals surface area (Å²) in [6.07, 6.45) is -1.88. The number of aliphatic hydroxyl groups is 2. The van der Waals surface area contributed by atoms with Crippen LogP contribution in [0.4, 0.5) is 0 Å². The van der Waals surface area contributed by atoms with Gasteiger partial charge in [-0.2, -0.15) is 0 Å². The van der Waals surface area contributed by atoms with E-state index in [1.165, 1.54) is 17.0 Å². The van der Waals surface area contributed by atoms with Gasteiger partial charge < -0.3 is 20.1 Å². The van der Waals surface area contributed by atoms with Crippen LogP contribution in [0.5, 0.6) is 5.75 Å². The van der Waals surface area contributed by atoms with E-state index in [0.29, 0.717) is 11.1 Å². The molecule has 2 unspecified atom stereocenters. The molecule has 120 valence electrons. The zero-order valence-electron chi connectivity index (χ0n) is 12.3. The first kappa shape index (κ1) is 15.5. The molecule has 0 bridgehead atoms. The molecule has 23 heavy (non-hydrogen) atoms. The molecule has 0 saturated heterocycles. The fraction of sp³-hybridized carbons (Fsp3) is 0.235. The first-order valence-electron chi connectivity index (χ1n) is 7.25. The molecule has 3 N–H and O–H groups in total. The topological polar surface area (TPSA) is 90.2 Å². The molecule has 3 rings (SSSR count). The molecule has 1 heterocycles. The summed E-state index contributed by atoms with van der Waals surface area (Å²) in [7, 11) is 0. The highest BCUT2D eigenvalue weighted by atomic mass is 16.5. The monoisotopic (exact) mass is 315 g/mol. The maximum atomic E-state index is 11.9. The molecule has 0 spiro atoms. The molecule has 1 aliphatic heterocycles. The fourth-order valence-corrected chi connectivity index (χ4v) is 2.68. The van der Waals surface area contributed by atoms with Crippen molar-refractivity contribution in [3.63, 3.8) is 0 Å². The van der Waals surface area contributed by atoms with Crippen LogP contribution in [-0.4, -0.2) is 39.3 Å². The van der Waals surface area contributed by atoms with Crippen LogP contribution in [0.25, 0.3) is 0 Å². The molecule has 0 aliphatic carbocycles. The molecule has 6 nitrogen and oxygen atoms in total. The number of fused-ring (bicyclic) bond motifs is 1. The van der Waals surface area contributed by atoms with Crippen molar-refractivity contribution in [1.82, 2.24) is 4.90 Å². The molecule has 2 aromatic rings. The van der Waals surface area contributed by atoms with Crippen LogP contribution >= 0.6 is 0 Å². The average Bonchev–Trinajstić information content (AvgIpc) is 2.80. The van der Waals surface area contributed by atoms with E-state index < -0.39 is 18.4 Å². The van der Waals surface area contributed by atoms with Gasteiger partial charge in [0.05, 0.1) is 0 Å². The molecule has 2 aromatic carbocycles. The van der Waals surface area contributed by atoms with Crippen LogP contribution in [-0.2, 0) is 4.74 Å². The Bertz CT molecular complexity index is 689. The number of ether oxygens (including phenoxy) is 1. The van der Waals surface area contributed by atoms with Crippen molar-refractivity contribution in [2.75, 3.05) is 13.2 Å². The largest absolute Gasteiger partial charge is 0.507 e. The van der Waals surface area contributed by atoms with E-state index in [4.69, 9.17) is 4.74 Å². The molecule has 0 radical (unpaired) electrons. The van der Waals surface area contributed by atoms with Gasteiger partial charge in [-0.05, 0) is 12.1 Å². The summed E-state index contributed by atoms with van der Waals surface area (Å²) >= 11 is 0. The molecule has 0 fully saturated rings. The van der Waals surface area contributed by atoms with Crippen LogP contribution < -0.4 is 0 Å². The number of benzene rings is 2. The second-order valence-corrected chi connectivity index (χ2v) is 5.27. The van der Waals surface area contributed by atoms with E-state index >= 15 is 0 Å².